The van der Waals surface area contributed by atoms with Gasteiger partial charge in [-0.1, -0.05) is 130 Å². The van der Waals surface area contributed by atoms with Crippen LogP contribution in [0.15, 0.2) is 72.8 Å². The summed E-state index contributed by atoms with van der Waals surface area (Å²) < 4.78 is 6.18. The molecule has 2 aromatic carbocycles. The number of amides is 6. The van der Waals surface area contributed by atoms with Gasteiger partial charge < -0.3 is 49.5 Å². The van der Waals surface area contributed by atoms with Crippen LogP contribution in [0.5, 0.6) is 0 Å². The third-order valence-electron chi connectivity index (χ3n) is 19.4. The molecule has 506 valence electrons. The smallest absolute Gasteiger partial charge is 0.332 e. The number of fused-ring (bicyclic) bond motifs is 1. The average molecular weight is 1270 g/mol. The molecule has 0 radical (unpaired) electrons. The number of pyridine rings is 1. The highest BCUT2D eigenvalue weighted by molar-refractivity contribution is 5.99. The number of aromatic nitrogens is 1. The fourth-order valence-electron chi connectivity index (χ4n) is 13.7. The standard InChI is InChI=1S/C72H107N9O11/c1-18-47(9)53-43-58(82)56-31-25-33-81(56)69(88)57(41-50-28-23-29-51(39-50)54-30-24-32-60(73-54)80-36-34-75(13)35-37-80)76(14)68(87)55(40-49-26-21-20-22-27-49)74-65(84)62(46(7)8)78(16)70(89)63(48(10)19-2)92-71(90)64(72(11,12)91)79(17)66(85)52(38-44(3)4)42-59(83)61(45(5)6)77(15)67(53)86/h20-24,26-30,32,39,44-48,52-53,55-57,61-64,91H,18-19,25,31,33-38,40-43H2,1-17H3,(H,74,84)/t47?,48?,52-,53+,55?,56?,57?,61+,62+,63-,64-/m1/s1. The minimum Gasteiger partial charge on any atom is -0.450 e. The van der Waals surface area contributed by atoms with Gasteiger partial charge in [0.2, 0.25) is 29.5 Å². The van der Waals surface area contributed by atoms with Crippen molar-refractivity contribution in [3.05, 3.63) is 83.9 Å². The van der Waals surface area contributed by atoms with Crippen molar-refractivity contribution in [3.8, 4) is 11.3 Å². The van der Waals surface area contributed by atoms with E-state index in [4.69, 9.17) is 9.72 Å². The lowest BCUT2D eigenvalue weighted by atomic mass is 9.82. The van der Waals surface area contributed by atoms with Crippen molar-refractivity contribution in [1.29, 1.82) is 0 Å². The molecule has 92 heavy (non-hydrogen) atoms. The molecule has 0 spiro atoms. The third-order valence-corrected chi connectivity index (χ3v) is 19.4. The molecule has 0 aliphatic carbocycles. The van der Waals surface area contributed by atoms with E-state index < -0.39 is 125 Å². The van der Waals surface area contributed by atoms with Crippen LogP contribution in [0.3, 0.4) is 0 Å². The first-order valence-electron chi connectivity index (χ1n) is 33.5. The van der Waals surface area contributed by atoms with E-state index in [1.807, 2.05) is 121 Å². The molecule has 0 saturated carbocycles. The second kappa shape index (κ2) is 32.7. The number of rotatable bonds is 15. The van der Waals surface area contributed by atoms with Crippen molar-refractivity contribution in [2.45, 2.75) is 189 Å². The largest absolute Gasteiger partial charge is 0.450 e. The Kier molecular flexibility index (Phi) is 26.3. The van der Waals surface area contributed by atoms with Crippen molar-refractivity contribution >= 4 is 58.8 Å². The first-order chi connectivity index (χ1) is 43.3. The number of ether oxygens (including phenoxy) is 1. The predicted molar refractivity (Wildman–Crippen MR) is 357 cm³/mol. The molecule has 3 fully saturated rings. The van der Waals surface area contributed by atoms with Crippen molar-refractivity contribution in [1.82, 2.24) is 39.7 Å². The number of esters is 1. The summed E-state index contributed by atoms with van der Waals surface area (Å²) in [5, 5.41) is 14.8. The summed E-state index contributed by atoms with van der Waals surface area (Å²) in [5.41, 5.74) is 0.949. The van der Waals surface area contributed by atoms with E-state index in [-0.39, 0.29) is 56.3 Å². The highest BCUT2D eigenvalue weighted by atomic mass is 16.6. The maximum absolute atomic E-state index is 15.9. The number of hydrogen-bond donors (Lipinski definition) is 2. The zero-order chi connectivity index (χ0) is 68.2. The monoisotopic (exact) mass is 1270 g/mol. The number of hydrogen-bond acceptors (Lipinski definition) is 14. The zero-order valence-electron chi connectivity index (χ0n) is 58.0. The number of nitrogens with one attached hydrogen (secondary N) is 1. The van der Waals surface area contributed by atoms with Crippen LogP contribution in [0.1, 0.15) is 139 Å². The van der Waals surface area contributed by atoms with Crippen LogP contribution in [0.4, 0.5) is 5.82 Å². The summed E-state index contributed by atoms with van der Waals surface area (Å²) in [4.78, 5) is 153. The van der Waals surface area contributed by atoms with Crippen LogP contribution in [0, 0.1) is 41.4 Å². The van der Waals surface area contributed by atoms with Crippen LogP contribution >= 0.6 is 0 Å². The number of carbonyl (C=O) groups is 9. The SMILES string of the molecule is CCC(C)[C@@H]1CC(=O)C2CCCN2C(=O)C(Cc2cccc(-c3cccc(N4CCN(C)CC4)n3)c2)N(C)C(=O)C(Cc2ccccc2)NC(=O)[C@H](C(C)C)N(C)C(=O)[C@@H](C(C)CC)OC(=O)[C@H](C(C)(C)O)N(C)C(=O)[C@H](CC(C)C)CC(=O)[C@H](C(C)C)N(C)C1=O. The lowest BCUT2D eigenvalue weighted by molar-refractivity contribution is -0.178. The second-order valence-corrected chi connectivity index (χ2v) is 28.2. The molecule has 4 heterocycles. The summed E-state index contributed by atoms with van der Waals surface area (Å²) in [7, 11) is 7.96. The number of carbonyl (C=O) groups excluding carboxylic acids is 9. The number of Topliss-reactive ketones (excluding diaryl/α,β-unsaturated/α-hetero) is 2. The van der Waals surface area contributed by atoms with Crippen LogP contribution < -0.4 is 10.2 Å². The summed E-state index contributed by atoms with van der Waals surface area (Å²) in [5.74, 6) is -8.67. The number of ketones is 2. The molecule has 20 heteroatoms. The van der Waals surface area contributed by atoms with E-state index in [0.717, 1.165) is 48.2 Å². The van der Waals surface area contributed by atoms with Gasteiger partial charge in [-0.05, 0) is 99.6 Å². The minimum atomic E-state index is -1.95. The number of benzene rings is 2. The summed E-state index contributed by atoms with van der Waals surface area (Å²) in [6.07, 6.45) is -0.286. The molecule has 6 amide bonds. The Hall–Kier alpha value is -7.06. The number of aliphatic hydroxyl groups is 1. The molecule has 11 atom stereocenters. The number of likely N-dealkylation sites (N-methyl/N-ethyl adjacent to an activating group) is 5. The Labute approximate surface area is 547 Å². The van der Waals surface area contributed by atoms with Crippen LogP contribution in [-0.4, -0.2) is 208 Å². The molecule has 3 aromatic rings. The lowest BCUT2D eigenvalue weighted by Gasteiger charge is -2.39. The maximum Gasteiger partial charge on any atom is 0.332 e. The highest BCUT2D eigenvalue weighted by Gasteiger charge is 2.48. The predicted octanol–water partition coefficient (Wildman–Crippen LogP) is 7.37. The van der Waals surface area contributed by atoms with Gasteiger partial charge in [0.1, 0.15) is 23.9 Å². The van der Waals surface area contributed by atoms with Crippen molar-refractivity contribution in [3.63, 3.8) is 0 Å². The molecule has 2 N–H and O–H groups in total. The quantitative estimate of drug-likeness (QED) is 0.142. The summed E-state index contributed by atoms with van der Waals surface area (Å²) in [6, 6.07) is 15.2. The number of piperazine rings is 1. The summed E-state index contributed by atoms with van der Waals surface area (Å²) >= 11 is 0. The van der Waals surface area contributed by atoms with Gasteiger partial charge in [-0.25, -0.2) is 9.78 Å². The van der Waals surface area contributed by atoms with Gasteiger partial charge in [0.25, 0.3) is 5.91 Å². The van der Waals surface area contributed by atoms with Gasteiger partial charge in [0.05, 0.1) is 23.4 Å². The van der Waals surface area contributed by atoms with E-state index in [1.165, 1.54) is 49.7 Å². The van der Waals surface area contributed by atoms with E-state index in [1.54, 1.807) is 32.7 Å². The molecule has 1 aromatic heterocycles. The first kappa shape index (κ1) is 74.0. The maximum atomic E-state index is 15.9. The van der Waals surface area contributed by atoms with Gasteiger partial charge in [-0.2, -0.15) is 0 Å². The van der Waals surface area contributed by atoms with E-state index in [9.17, 15) is 19.5 Å². The van der Waals surface area contributed by atoms with E-state index in [2.05, 4.69) is 22.2 Å². The fourth-order valence-corrected chi connectivity index (χ4v) is 13.7. The van der Waals surface area contributed by atoms with Crippen LogP contribution in [0.25, 0.3) is 11.3 Å². The van der Waals surface area contributed by atoms with Gasteiger partial charge in [0.15, 0.2) is 23.7 Å². The summed E-state index contributed by atoms with van der Waals surface area (Å²) in [6.45, 7) is 24.6. The van der Waals surface area contributed by atoms with Crippen molar-refractivity contribution < 1.29 is 53.0 Å². The average Bonchev–Trinajstić information content (AvgIpc) is 1.17. The Morgan fingerprint density at radius 1 is 0.620 bits per heavy atom. The molecule has 20 nitrogen and oxygen atoms in total. The van der Waals surface area contributed by atoms with Crippen molar-refractivity contribution in [2.24, 2.45) is 41.4 Å². The van der Waals surface area contributed by atoms with Crippen molar-refractivity contribution in [2.75, 3.05) is 72.9 Å². The molecule has 5 unspecified atom stereocenters. The zero-order valence-corrected chi connectivity index (χ0v) is 58.0. The highest BCUT2D eigenvalue weighted by Crippen LogP contribution is 2.33. The molecular weight excluding hydrogens is 1170 g/mol. The van der Waals surface area contributed by atoms with Crippen LogP contribution in [-0.2, 0) is 60.7 Å². The van der Waals surface area contributed by atoms with Gasteiger partial charge in [-0.15, -0.1) is 0 Å². The van der Waals surface area contributed by atoms with Gasteiger partial charge in [-0.3, -0.25) is 38.4 Å². The Bertz CT molecular complexity index is 3050. The molecule has 3 aliphatic rings. The molecular formula is C72H107N9O11. The first-order valence-corrected chi connectivity index (χ1v) is 33.5. The number of cyclic esters (lactones) is 1. The van der Waals surface area contributed by atoms with Gasteiger partial charge >= 0.3 is 5.97 Å². The Morgan fingerprint density at radius 2 is 1.23 bits per heavy atom. The molecule has 3 saturated heterocycles. The number of nitrogens with zero attached hydrogens (tertiary/aromatic N) is 8. The Balaban J connectivity index is 1.52. The fraction of sp³-hybridized carbons (Fsp3) is 0.639. The molecule has 3 aliphatic heterocycles. The lowest BCUT2D eigenvalue weighted by Crippen LogP contribution is -2.61. The number of anilines is 1. The molecule has 6 rings (SSSR count). The minimum absolute atomic E-state index is 0.00478. The molecule has 0 bridgehead atoms. The second-order valence-electron chi connectivity index (χ2n) is 28.2. The van der Waals surface area contributed by atoms with Gasteiger partial charge in [0, 0.05) is 110 Å². The third kappa shape index (κ3) is 18.2. The van der Waals surface area contributed by atoms with E-state index in [0.29, 0.717) is 36.8 Å². The van der Waals surface area contributed by atoms with E-state index >= 15 is 28.8 Å². The Morgan fingerprint density at radius 3 is 1.83 bits per heavy atom. The topological polar surface area (TPSA) is 231 Å². The van der Waals surface area contributed by atoms with Crippen LogP contribution in [0.2, 0.25) is 0 Å². The normalized spacial score (nSPS) is 25.8.